The summed E-state index contributed by atoms with van der Waals surface area (Å²) in [4.78, 5) is 27.9. The molecule has 1 aromatic heterocycles. The van der Waals surface area contributed by atoms with Crippen LogP contribution in [0.25, 0.3) is 0 Å². The standard InChI is InChI=1S/C32H39N5O2S/c1-20(2)10-11-33-31(39)24-8-9-29(27(16-24)35-32(40)34-26-13-21(3)12-22(4)14-26)36-17-23-15-25(19-36)28-6-5-7-30(38)37(28)18-23/h5-9,12-14,16,20,23,25H,10-11,15,17-19H2,1-4H3,(H,33,39)(H2,34,35,40)/t23-,25+/m1/s1. The van der Waals surface area contributed by atoms with Crippen LogP contribution in [0.2, 0.25) is 0 Å². The molecule has 2 bridgehead atoms. The normalized spacial score (nSPS) is 17.8. The number of nitrogens with one attached hydrogen (secondary N) is 3. The number of rotatable bonds is 7. The summed E-state index contributed by atoms with van der Waals surface area (Å²) in [6, 6.07) is 17.7. The molecule has 0 saturated carbocycles. The van der Waals surface area contributed by atoms with Crippen molar-refractivity contribution in [3.8, 4) is 0 Å². The van der Waals surface area contributed by atoms with Gasteiger partial charge >= 0.3 is 0 Å². The molecule has 1 fully saturated rings. The lowest BCUT2D eigenvalue weighted by Gasteiger charge is -2.44. The summed E-state index contributed by atoms with van der Waals surface area (Å²) in [5.74, 6) is 1.08. The SMILES string of the molecule is Cc1cc(C)cc(NC(=S)Nc2cc(C(=O)NCCC(C)C)ccc2N2C[C@H]3C[C@@H](C2)c2cccc(=O)n2C3)c1. The van der Waals surface area contributed by atoms with Crippen LogP contribution in [0, 0.1) is 25.7 Å². The zero-order valence-electron chi connectivity index (χ0n) is 23.8. The first-order chi connectivity index (χ1) is 19.2. The molecule has 1 amide bonds. The van der Waals surface area contributed by atoms with Gasteiger partial charge in [0, 0.05) is 55.1 Å². The fourth-order valence-electron chi connectivity index (χ4n) is 6.05. The second kappa shape index (κ2) is 11.8. The minimum absolute atomic E-state index is 0.0821. The summed E-state index contributed by atoms with van der Waals surface area (Å²) >= 11 is 5.74. The molecule has 3 heterocycles. The van der Waals surface area contributed by atoms with Gasteiger partial charge in [-0.15, -0.1) is 0 Å². The average Bonchev–Trinajstić information content (AvgIpc) is 2.88. The topological polar surface area (TPSA) is 78.4 Å². The van der Waals surface area contributed by atoms with Gasteiger partial charge in [-0.05, 0) is 98.3 Å². The van der Waals surface area contributed by atoms with E-state index in [0.29, 0.717) is 29.1 Å². The van der Waals surface area contributed by atoms with Crippen LogP contribution in [0.15, 0.2) is 59.4 Å². The molecule has 210 valence electrons. The Hall–Kier alpha value is -3.65. The van der Waals surface area contributed by atoms with Crippen molar-refractivity contribution in [3.05, 3.63) is 87.3 Å². The van der Waals surface area contributed by atoms with E-state index < -0.39 is 0 Å². The number of anilines is 3. The lowest BCUT2D eigenvalue weighted by atomic mass is 9.83. The Bertz CT molecular complexity index is 1460. The first kappa shape index (κ1) is 27.9. The van der Waals surface area contributed by atoms with Gasteiger partial charge in [0.1, 0.15) is 0 Å². The van der Waals surface area contributed by atoms with Gasteiger partial charge in [-0.1, -0.05) is 26.0 Å². The van der Waals surface area contributed by atoms with Crippen LogP contribution < -0.4 is 26.4 Å². The summed E-state index contributed by atoms with van der Waals surface area (Å²) in [5, 5.41) is 10.2. The summed E-state index contributed by atoms with van der Waals surface area (Å²) in [6.45, 7) is 11.4. The molecular weight excluding hydrogens is 518 g/mol. The second-order valence-corrected chi connectivity index (χ2v) is 12.1. The zero-order valence-corrected chi connectivity index (χ0v) is 24.6. The molecular formula is C32H39N5O2S. The molecule has 40 heavy (non-hydrogen) atoms. The van der Waals surface area contributed by atoms with Crippen LogP contribution in [0.5, 0.6) is 0 Å². The van der Waals surface area contributed by atoms with Crippen LogP contribution >= 0.6 is 12.2 Å². The number of nitrogens with zero attached hydrogens (tertiary/aromatic N) is 2. The highest BCUT2D eigenvalue weighted by atomic mass is 32.1. The molecule has 2 aliphatic heterocycles. The van der Waals surface area contributed by atoms with Crippen LogP contribution in [0.1, 0.15) is 59.8 Å². The van der Waals surface area contributed by atoms with Gasteiger partial charge in [-0.25, -0.2) is 0 Å². The van der Waals surface area contributed by atoms with Crippen molar-refractivity contribution in [2.24, 2.45) is 11.8 Å². The number of amides is 1. The lowest BCUT2D eigenvalue weighted by molar-refractivity contribution is 0.0952. The number of aromatic nitrogens is 1. The molecule has 3 N–H and O–H groups in total. The number of piperidine rings is 1. The zero-order chi connectivity index (χ0) is 28.4. The molecule has 0 aliphatic carbocycles. The van der Waals surface area contributed by atoms with E-state index in [1.165, 1.54) is 0 Å². The fraction of sp³-hybridized carbons (Fsp3) is 0.406. The minimum Gasteiger partial charge on any atom is -0.369 e. The summed E-state index contributed by atoms with van der Waals surface area (Å²) in [6.07, 6.45) is 2.01. The number of carbonyl (C=O) groups is 1. The number of carbonyl (C=O) groups excluding carboxylic acids is 1. The third-order valence-corrected chi connectivity index (χ3v) is 8.02. The highest BCUT2D eigenvalue weighted by molar-refractivity contribution is 7.80. The summed E-state index contributed by atoms with van der Waals surface area (Å²) in [5.41, 5.74) is 6.82. The third-order valence-electron chi connectivity index (χ3n) is 7.81. The maximum Gasteiger partial charge on any atom is 0.251 e. The van der Waals surface area contributed by atoms with E-state index in [9.17, 15) is 9.59 Å². The van der Waals surface area contributed by atoms with Gasteiger partial charge in [0.05, 0.1) is 11.4 Å². The van der Waals surface area contributed by atoms with Gasteiger partial charge in [0.25, 0.3) is 11.5 Å². The number of benzene rings is 2. The first-order valence-electron chi connectivity index (χ1n) is 14.2. The first-order valence-corrected chi connectivity index (χ1v) is 14.6. The molecule has 1 saturated heterocycles. The van der Waals surface area contributed by atoms with Crippen molar-refractivity contribution in [2.75, 3.05) is 35.2 Å². The number of hydrogen-bond acceptors (Lipinski definition) is 4. The average molecular weight is 558 g/mol. The highest BCUT2D eigenvalue weighted by Crippen LogP contribution is 2.39. The van der Waals surface area contributed by atoms with Crippen molar-refractivity contribution in [3.63, 3.8) is 0 Å². The van der Waals surface area contributed by atoms with Crippen molar-refractivity contribution in [1.82, 2.24) is 9.88 Å². The van der Waals surface area contributed by atoms with E-state index in [-0.39, 0.29) is 17.4 Å². The maximum absolute atomic E-state index is 13.0. The van der Waals surface area contributed by atoms with Gasteiger partial charge in [0.2, 0.25) is 0 Å². The predicted octanol–water partition coefficient (Wildman–Crippen LogP) is 5.67. The molecule has 7 nitrogen and oxygen atoms in total. The second-order valence-electron chi connectivity index (χ2n) is 11.7. The van der Waals surface area contributed by atoms with Crippen molar-refractivity contribution in [1.29, 1.82) is 0 Å². The maximum atomic E-state index is 13.0. The van der Waals surface area contributed by atoms with Gasteiger partial charge in [-0.3, -0.25) is 9.59 Å². The Balaban J connectivity index is 1.42. The van der Waals surface area contributed by atoms with E-state index in [2.05, 4.69) is 72.8 Å². The molecule has 0 spiro atoms. The lowest BCUT2D eigenvalue weighted by Crippen LogP contribution is -2.47. The Kier molecular flexibility index (Phi) is 8.26. The van der Waals surface area contributed by atoms with E-state index in [1.807, 2.05) is 28.8 Å². The molecule has 8 heteroatoms. The summed E-state index contributed by atoms with van der Waals surface area (Å²) < 4.78 is 1.95. The molecule has 2 aliphatic rings. The van der Waals surface area contributed by atoms with E-state index >= 15 is 0 Å². The number of aryl methyl sites for hydroxylation is 2. The monoisotopic (exact) mass is 557 g/mol. The van der Waals surface area contributed by atoms with Crippen LogP contribution in [0.4, 0.5) is 17.1 Å². The van der Waals surface area contributed by atoms with Crippen molar-refractivity contribution >= 4 is 40.3 Å². The fourth-order valence-corrected chi connectivity index (χ4v) is 6.28. The Morgan fingerprint density at radius 3 is 2.52 bits per heavy atom. The predicted molar refractivity (Wildman–Crippen MR) is 168 cm³/mol. The van der Waals surface area contributed by atoms with E-state index in [0.717, 1.165) is 66.4 Å². The Morgan fingerprint density at radius 1 is 1.00 bits per heavy atom. The molecule has 2 atom stereocenters. The highest BCUT2D eigenvalue weighted by Gasteiger charge is 2.35. The number of hydrogen-bond donors (Lipinski definition) is 3. The Morgan fingerprint density at radius 2 is 1.77 bits per heavy atom. The molecule has 0 radical (unpaired) electrons. The molecule has 3 aromatic rings. The quantitative estimate of drug-likeness (QED) is 0.325. The molecule has 2 aromatic carbocycles. The van der Waals surface area contributed by atoms with E-state index in [4.69, 9.17) is 12.2 Å². The number of fused-ring (bicyclic) bond motifs is 4. The van der Waals surface area contributed by atoms with Gasteiger partial charge in [0.15, 0.2) is 5.11 Å². The van der Waals surface area contributed by atoms with Crippen LogP contribution in [0.3, 0.4) is 0 Å². The molecule has 5 rings (SSSR count). The van der Waals surface area contributed by atoms with Crippen LogP contribution in [-0.2, 0) is 6.54 Å². The Labute approximate surface area is 242 Å². The third kappa shape index (κ3) is 6.39. The van der Waals surface area contributed by atoms with Crippen molar-refractivity contribution < 1.29 is 4.79 Å². The molecule has 0 unspecified atom stereocenters. The minimum atomic E-state index is -0.0905. The van der Waals surface area contributed by atoms with E-state index in [1.54, 1.807) is 6.07 Å². The smallest absolute Gasteiger partial charge is 0.251 e. The number of thiocarbonyl (C=S) groups is 1. The van der Waals surface area contributed by atoms with Gasteiger partial charge in [-0.2, -0.15) is 0 Å². The summed E-state index contributed by atoms with van der Waals surface area (Å²) in [7, 11) is 0. The van der Waals surface area contributed by atoms with Gasteiger partial charge < -0.3 is 25.4 Å². The number of pyridine rings is 1. The van der Waals surface area contributed by atoms with Crippen molar-refractivity contribution in [2.45, 2.75) is 53.0 Å². The van der Waals surface area contributed by atoms with Crippen LogP contribution in [-0.4, -0.2) is 35.2 Å². The largest absolute Gasteiger partial charge is 0.369 e.